The van der Waals surface area contributed by atoms with E-state index in [0.717, 1.165) is 36.8 Å². The number of benzene rings is 1. The summed E-state index contributed by atoms with van der Waals surface area (Å²) in [5.74, 6) is -0.398. The summed E-state index contributed by atoms with van der Waals surface area (Å²) in [6, 6.07) is 6.21. The molecule has 1 unspecified atom stereocenters. The SMILES string of the molecule is COc1ccc(F)c(-n2nnc(COc3cc(C(CC(=O)O)C4CC4)c(Cl)cn3)c2C2=CCCC2(C)C)c1. The normalized spacial score (nSPS) is 17.2. The molecular formula is C28H30ClFN4O4. The molecule has 0 saturated heterocycles. The Balaban J connectivity index is 1.49. The fraction of sp³-hybridized carbons (Fsp3) is 0.429. The molecule has 1 aromatic carbocycles. The van der Waals surface area contributed by atoms with Crippen LogP contribution < -0.4 is 9.47 Å². The first-order chi connectivity index (χ1) is 18.2. The van der Waals surface area contributed by atoms with E-state index in [-0.39, 0.29) is 30.0 Å². The monoisotopic (exact) mass is 540 g/mol. The number of pyridine rings is 1. The van der Waals surface area contributed by atoms with Gasteiger partial charge in [0.2, 0.25) is 5.88 Å². The van der Waals surface area contributed by atoms with Crippen molar-refractivity contribution >= 4 is 23.1 Å². The zero-order valence-electron chi connectivity index (χ0n) is 21.6. The molecule has 38 heavy (non-hydrogen) atoms. The molecule has 0 amide bonds. The van der Waals surface area contributed by atoms with Gasteiger partial charge in [-0.05, 0) is 66.2 Å². The van der Waals surface area contributed by atoms with Gasteiger partial charge in [0.25, 0.3) is 0 Å². The van der Waals surface area contributed by atoms with Crippen LogP contribution in [0.4, 0.5) is 4.39 Å². The Hall–Kier alpha value is -3.46. The predicted octanol–water partition coefficient (Wildman–Crippen LogP) is 6.21. The smallest absolute Gasteiger partial charge is 0.303 e. The Labute approximate surface area is 225 Å². The molecular weight excluding hydrogens is 511 g/mol. The van der Waals surface area contributed by atoms with E-state index in [0.29, 0.717) is 34.0 Å². The van der Waals surface area contributed by atoms with Gasteiger partial charge in [-0.1, -0.05) is 36.7 Å². The molecule has 0 bridgehead atoms. The van der Waals surface area contributed by atoms with E-state index in [1.165, 1.54) is 24.1 Å². The molecule has 200 valence electrons. The van der Waals surface area contributed by atoms with Gasteiger partial charge in [0.15, 0.2) is 0 Å². The molecule has 2 aliphatic carbocycles. The molecule has 3 aromatic rings. The largest absolute Gasteiger partial charge is 0.497 e. The number of ether oxygens (including phenoxy) is 2. The molecule has 0 radical (unpaired) electrons. The maximum absolute atomic E-state index is 15.0. The number of hydrogen-bond acceptors (Lipinski definition) is 6. The highest BCUT2D eigenvalue weighted by Crippen LogP contribution is 2.47. The number of carboxylic acids is 1. The van der Waals surface area contributed by atoms with Crippen molar-refractivity contribution in [3.63, 3.8) is 0 Å². The molecule has 0 aliphatic heterocycles. The minimum absolute atomic E-state index is 0.00164. The van der Waals surface area contributed by atoms with E-state index in [2.05, 4.69) is 35.2 Å². The highest BCUT2D eigenvalue weighted by atomic mass is 35.5. The highest BCUT2D eigenvalue weighted by Gasteiger charge is 2.36. The summed E-state index contributed by atoms with van der Waals surface area (Å²) in [5, 5.41) is 18.5. The van der Waals surface area contributed by atoms with Crippen LogP contribution in [-0.4, -0.2) is 38.2 Å². The summed E-state index contributed by atoms with van der Waals surface area (Å²) in [4.78, 5) is 15.8. The summed E-state index contributed by atoms with van der Waals surface area (Å²) >= 11 is 6.43. The number of halogens is 2. The second kappa shape index (κ2) is 10.4. The van der Waals surface area contributed by atoms with Gasteiger partial charge in [0.05, 0.1) is 24.2 Å². The van der Waals surface area contributed by atoms with Gasteiger partial charge >= 0.3 is 5.97 Å². The van der Waals surface area contributed by atoms with Crippen LogP contribution in [0.5, 0.6) is 11.6 Å². The van der Waals surface area contributed by atoms with Crippen LogP contribution in [0.1, 0.15) is 68.8 Å². The Kier molecular flexibility index (Phi) is 7.13. The average molecular weight is 541 g/mol. The van der Waals surface area contributed by atoms with Gasteiger partial charge < -0.3 is 14.6 Å². The van der Waals surface area contributed by atoms with E-state index in [9.17, 15) is 14.3 Å². The summed E-state index contributed by atoms with van der Waals surface area (Å²) < 4.78 is 27.8. The predicted molar refractivity (Wildman–Crippen MR) is 140 cm³/mol. The van der Waals surface area contributed by atoms with Crippen LogP contribution in [0.2, 0.25) is 5.02 Å². The van der Waals surface area contributed by atoms with Crippen molar-refractivity contribution in [3.8, 4) is 17.3 Å². The third-order valence-corrected chi connectivity index (χ3v) is 7.74. The average Bonchev–Trinajstić information content (AvgIpc) is 3.55. The first-order valence-electron chi connectivity index (χ1n) is 12.7. The highest BCUT2D eigenvalue weighted by molar-refractivity contribution is 6.31. The van der Waals surface area contributed by atoms with E-state index < -0.39 is 11.8 Å². The second-order valence-corrected chi connectivity index (χ2v) is 10.9. The number of carbonyl (C=O) groups is 1. The van der Waals surface area contributed by atoms with Gasteiger partial charge in [0, 0.05) is 18.3 Å². The zero-order chi connectivity index (χ0) is 27.0. The van der Waals surface area contributed by atoms with Crippen LogP contribution in [0.25, 0.3) is 11.3 Å². The number of nitrogens with zero attached hydrogens (tertiary/aromatic N) is 4. The fourth-order valence-corrected chi connectivity index (χ4v) is 5.44. The van der Waals surface area contributed by atoms with E-state index in [4.69, 9.17) is 21.1 Å². The van der Waals surface area contributed by atoms with Crippen LogP contribution in [0.15, 0.2) is 36.5 Å². The molecule has 8 nitrogen and oxygen atoms in total. The maximum Gasteiger partial charge on any atom is 0.303 e. The Morgan fingerprint density at radius 3 is 2.76 bits per heavy atom. The standard InChI is InChI=1S/C28H30ClFN4O4/c1-28(2)10-4-5-20(28)27-23(32-33-34(27)24-11-17(37-3)8-9-22(24)30)15-38-25-12-19(21(29)14-31-25)18(13-26(35)36)16-6-7-16/h5,8-9,11-12,14,16,18H,4,6-7,10,13,15H2,1-3H3,(H,35,36). The van der Waals surface area contributed by atoms with Crippen molar-refractivity contribution in [2.24, 2.45) is 11.3 Å². The van der Waals surface area contributed by atoms with E-state index >= 15 is 0 Å². The molecule has 2 aromatic heterocycles. The summed E-state index contributed by atoms with van der Waals surface area (Å²) in [6.45, 7) is 4.32. The van der Waals surface area contributed by atoms with E-state index in [1.54, 1.807) is 18.2 Å². The number of allylic oxidation sites excluding steroid dienone is 2. The first kappa shape index (κ1) is 26.2. The van der Waals surface area contributed by atoms with Crippen LogP contribution in [-0.2, 0) is 11.4 Å². The topological polar surface area (TPSA) is 99.4 Å². The number of rotatable bonds is 10. The lowest BCUT2D eigenvalue weighted by molar-refractivity contribution is -0.137. The van der Waals surface area contributed by atoms with Crippen molar-refractivity contribution in [2.75, 3.05) is 7.11 Å². The number of aromatic nitrogens is 4. The Bertz CT molecular complexity index is 1400. The lowest BCUT2D eigenvalue weighted by Crippen LogP contribution is -2.15. The van der Waals surface area contributed by atoms with Crippen LogP contribution >= 0.6 is 11.6 Å². The van der Waals surface area contributed by atoms with Gasteiger partial charge in [0.1, 0.15) is 29.6 Å². The molecule has 10 heteroatoms. The molecule has 1 N–H and O–H groups in total. The third-order valence-electron chi connectivity index (χ3n) is 7.43. The molecule has 2 heterocycles. The quantitative estimate of drug-likeness (QED) is 0.326. The minimum atomic E-state index is -0.865. The van der Waals surface area contributed by atoms with Gasteiger partial charge in [-0.2, -0.15) is 0 Å². The van der Waals surface area contributed by atoms with Crippen molar-refractivity contribution in [2.45, 2.75) is 58.5 Å². The van der Waals surface area contributed by atoms with Crippen molar-refractivity contribution in [3.05, 3.63) is 64.3 Å². The summed E-state index contributed by atoms with van der Waals surface area (Å²) in [6.07, 6.45) is 7.43. The van der Waals surface area contributed by atoms with Gasteiger partial charge in [-0.25, -0.2) is 14.1 Å². The van der Waals surface area contributed by atoms with Crippen molar-refractivity contribution in [1.82, 2.24) is 20.0 Å². The maximum atomic E-state index is 15.0. The van der Waals surface area contributed by atoms with Crippen molar-refractivity contribution in [1.29, 1.82) is 0 Å². The lowest BCUT2D eigenvalue weighted by atomic mass is 9.83. The fourth-order valence-electron chi connectivity index (χ4n) is 5.19. The number of aliphatic carboxylic acids is 1. The molecule has 2 aliphatic rings. The van der Waals surface area contributed by atoms with Gasteiger partial charge in [-0.3, -0.25) is 4.79 Å². The minimum Gasteiger partial charge on any atom is -0.497 e. The van der Waals surface area contributed by atoms with E-state index in [1.807, 2.05) is 0 Å². The summed E-state index contributed by atoms with van der Waals surface area (Å²) in [7, 11) is 1.53. The van der Waals surface area contributed by atoms with Crippen LogP contribution in [0, 0.1) is 17.2 Å². The Morgan fingerprint density at radius 1 is 1.32 bits per heavy atom. The second-order valence-electron chi connectivity index (χ2n) is 10.5. The zero-order valence-corrected chi connectivity index (χ0v) is 22.3. The van der Waals surface area contributed by atoms with Crippen molar-refractivity contribution < 1.29 is 23.8 Å². The molecule has 1 fully saturated rings. The first-order valence-corrected chi connectivity index (χ1v) is 13.0. The van der Waals surface area contributed by atoms with Gasteiger partial charge in [-0.15, -0.1) is 5.10 Å². The van der Waals surface area contributed by atoms with Crippen LogP contribution in [0.3, 0.4) is 0 Å². The third kappa shape index (κ3) is 5.25. The number of hydrogen-bond donors (Lipinski definition) is 1. The molecule has 1 saturated carbocycles. The Morgan fingerprint density at radius 2 is 2.11 bits per heavy atom. The number of methoxy groups -OCH3 is 1. The molecule has 5 rings (SSSR count). The molecule has 0 spiro atoms. The lowest BCUT2D eigenvalue weighted by Gasteiger charge is -2.24. The molecule has 1 atom stereocenters. The number of carboxylic acid groups (broad SMARTS) is 1. The summed E-state index contributed by atoms with van der Waals surface area (Å²) in [5.41, 5.74) is 3.02.